The van der Waals surface area contributed by atoms with Crippen LogP contribution in [0.25, 0.3) is 0 Å². The predicted octanol–water partition coefficient (Wildman–Crippen LogP) is 4.14. The van der Waals surface area contributed by atoms with Crippen LogP contribution in [0.5, 0.6) is 0 Å². The highest BCUT2D eigenvalue weighted by atomic mass is 16.6. The molecule has 4 fully saturated rings. The summed E-state index contributed by atoms with van der Waals surface area (Å²) in [5, 5.41) is 26.1. The van der Waals surface area contributed by atoms with Crippen molar-refractivity contribution in [3.8, 4) is 6.07 Å². The zero-order valence-electron chi connectivity index (χ0n) is 16.6. The first kappa shape index (κ1) is 19.4. The normalized spacial score (nSPS) is 31.0. The van der Waals surface area contributed by atoms with E-state index in [9.17, 15) is 20.2 Å². The molecule has 1 aromatic rings. The summed E-state index contributed by atoms with van der Waals surface area (Å²) in [4.78, 5) is 23.0. The molecule has 7 nitrogen and oxygen atoms in total. The fraction of sp³-hybridized carbons (Fsp3) is 0.545. The fourth-order valence-corrected chi connectivity index (χ4v) is 6.12. The highest BCUT2D eigenvalue weighted by molar-refractivity contribution is 5.97. The summed E-state index contributed by atoms with van der Waals surface area (Å²) in [6.07, 6.45) is 8.98. The van der Waals surface area contributed by atoms with Gasteiger partial charge in [-0.25, -0.2) is 0 Å². The minimum absolute atomic E-state index is 0.0000638. The number of non-ortho nitro benzene ring substituents is 1. The lowest BCUT2D eigenvalue weighted by atomic mass is 9.48. The predicted molar refractivity (Wildman–Crippen MR) is 109 cm³/mol. The number of nitro groups is 1. The number of nitrogens with zero attached hydrogens (tertiary/aromatic N) is 2. The molecule has 0 radical (unpaired) electrons. The second kappa shape index (κ2) is 7.51. The Bertz CT molecular complexity index is 849. The Balaban J connectivity index is 1.40. The van der Waals surface area contributed by atoms with Crippen LogP contribution in [0, 0.1) is 44.6 Å². The van der Waals surface area contributed by atoms with Crippen molar-refractivity contribution in [3.63, 3.8) is 0 Å². The van der Waals surface area contributed by atoms with Crippen LogP contribution in [0.2, 0.25) is 0 Å². The van der Waals surface area contributed by atoms with Crippen molar-refractivity contribution in [2.75, 3.05) is 5.32 Å². The molecule has 152 valence electrons. The van der Waals surface area contributed by atoms with Crippen LogP contribution in [-0.4, -0.2) is 16.9 Å². The maximum absolute atomic E-state index is 12.7. The van der Waals surface area contributed by atoms with Gasteiger partial charge in [0.15, 0.2) is 0 Å². The molecule has 4 aliphatic rings. The van der Waals surface area contributed by atoms with Crippen LogP contribution in [0.1, 0.15) is 45.4 Å². The molecular weight excluding hydrogens is 368 g/mol. The number of benzene rings is 1. The lowest BCUT2D eigenvalue weighted by Crippen LogP contribution is -2.56. The number of hydrogen-bond donors (Lipinski definition) is 2. The first-order valence-corrected chi connectivity index (χ1v) is 10.3. The maximum atomic E-state index is 12.7. The molecule has 1 atom stereocenters. The van der Waals surface area contributed by atoms with Crippen LogP contribution < -0.4 is 10.6 Å². The van der Waals surface area contributed by atoms with Gasteiger partial charge in [0.2, 0.25) is 0 Å². The van der Waals surface area contributed by atoms with E-state index in [1.807, 2.05) is 6.07 Å². The lowest BCUT2D eigenvalue weighted by molar-refractivity contribution is -0.384. The van der Waals surface area contributed by atoms with Crippen molar-refractivity contribution in [1.82, 2.24) is 5.32 Å². The van der Waals surface area contributed by atoms with E-state index in [2.05, 4.69) is 17.6 Å². The molecule has 0 aliphatic heterocycles. The van der Waals surface area contributed by atoms with E-state index in [1.165, 1.54) is 56.9 Å². The smallest absolute Gasteiger partial charge is 0.269 e. The molecule has 4 aliphatic carbocycles. The Morgan fingerprint density at radius 2 is 1.76 bits per heavy atom. The number of nitrogens with one attached hydrogen (secondary N) is 2. The third kappa shape index (κ3) is 3.84. The second-order valence-corrected chi connectivity index (χ2v) is 9.09. The zero-order chi connectivity index (χ0) is 20.6. The molecule has 1 unspecified atom stereocenters. The Morgan fingerprint density at radius 3 is 2.24 bits per heavy atom. The molecule has 0 aromatic heterocycles. The molecular formula is C22H26N4O3. The topological polar surface area (TPSA) is 108 Å². The zero-order valence-corrected chi connectivity index (χ0v) is 16.6. The van der Waals surface area contributed by atoms with E-state index in [1.54, 1.807) is 12.1 Å². The molecule has 4 bridgehead atoms. The molecule has 0 spiro atoms. The van der Waals surface area contributed by atoms with Gasteiger partial charge in [-0.3, -0.25) is 14.9 Å². The van der Waals surface area contributed by atoms with Gasteiger partial charge in [0.05, 0.1) is 4.92 Å². The van der Waals surface area contributed by atoms with Crippen molar-refractivity contribution in [3.05, 3.63) is 46.2 Å². The van der Waals surface area contributed by atoms with Crippen molar-refractivity contribution in [2.24, 2.45) is 23.2 Å². The Kier molecular flexibility index (Phi) is 5.03. The average molecular weight is 394 g/mol. The van der Waals surface area contributed by atoms with Crippen molar-refractivity contribution in [1.29, 1.82) is 5.26 Å². The quantitative estimate of drug-likeness (QED) is 0.326. The maximum Gasteiger partial charge on any atom is 0.269 e. The molecule has 2 N–H and O–H groups in total. The number of nitriles is 1. The standard InChI is InChI=1S/C22H26N4O3/c1-14(22-9-15-6-16(10-22)8-17(7-15)11-22)25-21(27)18(12-23)13-24-19-2-4-20(5-3-19)26(28)29/h2-5,13-17,24H,6-11H2,1H3,(H,25,27)/b18-13-. The summed E-state index contributed by atoms with van der Waals surface area (Å²) in [5.41, 5.74) is 0.740. The Morgan fingerprint density at radius 1 is 1.21 bits per heavy atom. The summed E-state index contributed by atoms with van der Waals surface area (Å²) < 4.78 is 0. The van der Waals surface area contributed by atoms with Gasteiger partial charge in [-0.1, -0.05) is 0 Å². The van der Waals surface area contributed by atoms with E-state index in [0.717, 1.165) is 17.8 Å². The second-order valence-electron chi connectivity index (χ2n) is 9.09. The summed E-state index contributed by atoms with van der Waals surface area (Å²) in [6.45, 7) is 2.09. The van der Waals surface area contributed by atoms with Crippen molar-refractivity contribution < 1.29 is 9.72 Å². The highest BCUT2D eigenvalue weighted by Gasteiger charge is 2.53. The van der Waals surface area contributed by atoms with Gasteiger partial charge < -0.3 is 10.6 Å². The largest absolute Gasteiger partial charge is 0.360 e. The SMILES string of the molecule is CC(NC(=O)/C(C#N)=C\Nc1ccc([N+](=O)[O-])cc1)C12CC3CC(CC(C3)C1)C2. The molecule has 1 aromatic carbocycles. The Hall–Kier alpha value is -2.88. The first-order chi connectivity index (χ1) is 13.9. The molecule has 1 amide bonds. The van der Waals surface area contributed by atoms with E-state index in [4.69, 9.17) is 0 Å². The van der Waals surface area contributed by atoms with Gasteiger partial charge in [0.25, 0.3) is 11.6 Å². The summed E-state index contributed by atoms with van der Waals surface area (Å²) >= 11 is 0. The number of carbonyl (C=O) groups is 1. The monoisotopic (exact) mass is 394 g/mol. The third-order valence-electron chi connectivity index (χ3n) is 7.18. The van der Waals surface area contributed by atoms with Crippen LogP contribution in [0.3, 0.4) is 0 Å². The van der Waals surface area contributed by atoms with Crippen LogP contribution in [0.15, 0.2) is 36.0 Å². The highest BCUT2D eigenvalue weighted by Crippen LogP contribution is 2.61. The fourth-order valence-electron chi connectivity index (χ4n) is 6.12. The minimum Gasteiger partial charge on any atom is -0.360 e. The van der Waals surface area contributed by atoms with Gasteiger partial charge in [-0.05, 0) is 80.8 Å². The van der Waals surface area contributed by atoms with Crippen molar-refractivity contribution >= 4 is 17.3 Å². The van der Waals surface area contributed by atoms with Gasteiger partial charge >= 0.3 is 0 Å². The first-order valence-electron chi connectivity index (χ1n) is 10.3. The van der Waals surface area contributed by atoms with Gasteiger partial charge in [0.1, 0.15) is 11.6 Å². The number of nitro benzene ring substituents is 1. The molecule has 0 saturated heterocycles. The van der Waals surface area contributed by atoms with Crippen LogP contribution >= 0.6 is 0 Å². The molecule has 7 heteroatoms. The van der Waals surface area contributed by atoms with Crippen molar-refractivity contribution in [2.45, 2.75) is 51.5 Å². The Labute approximate surface area is 170 Å². The number of carbonyl (C=O) groups excluding carboxylic acids is 1. The van der Waals surface area contributed by atoms with E-state index in [0.29, 0.717) is 5.69 Å². The van der Waals surface area contributed by atoms with E-state index < -0.39 is 4.92 Å². The molecule has 0 heterocycles. The summed E-state index contributed by atoms with van der Waals surface area (Å²) in [5.74, 6) is 2.03. The number of amides is 1. The molecule has 29 heavy (non-hydrogen) atoms. The number of rotatable bonds is 6. The van der Waals surface area contributed by atoms with E-state index >= 15 is 0 Å². The molecule has 4 saturated carbocycles. The number of anilines is 1. The lowest BCUT2D eigenvalue weighted by Gasteiger charge is -2.59. The third-order valence-corrected chi connectivity index (χ3v) is 7.18. The summed E-state index contributed by atoms with van der Waals surface area (Å²) in [6, 6.07) is 7.83. The van der Waals surface area contributed by atoms with E-state index in [-0.39, 0.29) is 28.6 Å². The van der Waals surface area contributed by atoms with Gasteiger partial charge in [-0.2, -0.15) is 5.26 Å². The molecule has 5 rings (SSSR count). The minimum atomic E-state index is -0.473. The average Bonchev–Trinajstić information content (AvgIpc) is 2.67. The van der Waals surface area contributed by atoms with Gasteiger partial charge in [-0.15, -0.1) is 0 Å². The number of hydrogen-bond acceptors (Lipinski definition) is 5. The van der Waals surface area contributed by atoms with Crippen LogP contribution in [0.4, 0.5) is 11.4 Å². The van der Waals surface area contributed by atoms with Crippen LogP contribution in [-0.2, 0) is 4.79 Å². The summed E-state index contributed by atoms with van der Waals surface area (Å²) in [7, 11) is 0. The van der Waals surface area contributed by atoms with Gasteiger partial charge in [0, 0.05) is 30.1 Å².